The highest BCUT2D eigenvalue weighted by atomic mass is 127. The van der Waals surface area contributed by atoms with Crippen LogP contribution in [0.3, 0.4) is 0 Å². The van der Waals surface area contributed by atoms with Gasteiger partial charge in [0.1, 0.15) is 5.75 Å². The van der Waals surface area contributed by atoms with Crippen molar-refractivity contribution in [2.45, 2.75) is 19.8 Å². The molecule has 0 saturated heterocycles. The van der Waals surface area contributed by atoms with Gasteiger partial charge in [0.25, 0.3) is 11.8 Å². The van der Waals surface area contributed by atoms with Crippen LogP contribution in [0.15, 0.2) is 47.5 Å². The maximum Gasteiger partial charge on any atom is 0.261 e. The fourth-order valence-electron chi connectivity index (χ4n) is 3.76. The summed E-state index contributed by atoms with van der Waals surface area (Å²) in [5.41, 5.74) is 3.46. The molecule has 2 amide bonds. The first-order chi connectivity index (χ1) is 14.7. The van der Waals surface area contributed by atoms with Gasteiger partial charge in [-0.2, -0.15) is 0 Å². The van der Waals surface area contributed by atoms with E-state index in [0.29, 0.717) is 36.7 Å². The van der Waals surface area contributed by atoms with Gasteiger partial charge in [0, 0.05) is 32.6 Å². The molecule has 2 aromatic rings. The molecule has 0 radical (unpaired) electrons. The van der Waals surface area contributed by atoms with Crippen molar-refractivity contribution in [3.63, 3.8) is 0 Å². The van der Waals surface area contributed by atoms with Crippen molar-refractivity contribution >= 4 is 41.8 Å². The number of guanidine groups is 1. The van der Waals surface area contributed by atoms with Crippen LogP contribution in [0.5, 0.6) is 5.75 Å². The Morgan fingerprint density at radius 1 is 1.10 bits per heavy atom. The molecule has 0 spiro atoms. The van der Waals surface area contributed by atoms with Gasteiger partial charge in [-0.25, -0.2) is 0 Å². The van der Waals surface area contributed by atoms with Crippen LogP contribution in [-0.4, -0.2) is 55.5 Å². The maximum absolute atomic E-state index is 12.4. The van der Waals surface area contributed by atoms with E-state index in [4.69, 9.17) is 4.74 Å². The zero-order valence-corrected chi connectivity index (χ0v) is 19.8. The van der Waals surface area contributed by atoms with Gasteiger partial charge in [-0.05, 0) is 42.7 Å². The number of ether oxygens (including phenoxy) is 1. The van der Waals surface area contributed by atoms with E-state index in [0.717, 1.165) is 31.7 Å². The Labute approximate surface area is 199 Å². The van der Waals surface area contributed by atoms with Crippen LogP contribution in [0.2, 0.25) is 0 Å². The monoisotopic (exact) mass is 534 g/mol. The van der Waals surface area contributed by atoms with E-state index in [9.17, 15) is 9.59 Å². The number of nitrogens with zero attached hydrogens (tertiary/aromatic N) is 2. The molecule has 0 aliphatic carbocycles. The van der Waals surface area contributed by atoms with E-state index in [-0.39, 0.29) is 35.8 Å². The smallest absolute Gasteiger partial charge is 0.261 e. The SMILES string of the molecule is CCNC(=NCCc1ccc2c(c1)CCO2)NCCN1C(=O)c2ccccc2C1=O.I. The van der Waals surface area contributed by atoms with Crippen LogP contribution < -0.4 is 15.4 Å². The van der Waals surface area contributed by atoms with Crippen LogP contribution in [-0.2, 0) is 12.8 Å². The number of amides is 2. The minimum absolute atomic E-state index is 0. The molecule has 2 aliphatic rings. The van der Waals surface area contributed by atoms with Crippen LogP contribution in [0.25, 0.3) is 0 Å². The molecule has 2 aromatic carbocycles. The number of aliphatic imine (C=N–C) groups is 1. The third kappa shape index (κ3) is 5.17. The molecule has 0 unspecified atom stereocenters. The van der Waals surface area contributed by atoms with Crippen molar-refractivity contribution in [2.24, 2.45) is 4.99 Å². The summed E-state index contributed by atoms with van der Waals surface area (Å²) in [5, 5.41) is 6.42. The first kappa shape index (κ1) is 23.1. The number of imide groups is 1. The lowest BCUT2D eigenvalue weighted by Crippen LogP contribution is -2.43. The van der Waals surface area contributed by atoms with Gasteiger partial charge >= 0.3 is 0 Å². The molecule has 2 N–H and O–H groups in total. The Morgan fingerprint density at radius 2 is 1.84 bits per heavy atom. The van der Waals surface area contributed by atoms with Crippen molar-refractivity contribution in [3.05, 3.63) is 64.7 Å². The van der Waals surface area contributed by atoms with E-state index in [1.165, 1.54) is 16.0 Å². The number of hydrogen-bond acceptors (Lipinski definition) is 4. The molecule has 4 rings (SSSR count). The molecule has 164 valence electrons. The molecule has 2 aliphatic heterocycles. The van der Waals surface area contributed by atoms with Gasteiger partial charge in [-0.1, -0.05) is 24.3 Å². The van der Waals surface area contributed by atoms with Gasteiger partial charge in [0.2, 0.25) is 0 Å². The van der Waals surface area contributed by atoms with Crippen molar-refractivity contribution in [2.75, 3.05) is 32.8 Å². The summed E-state index contributed by atoms with van der Waals surface area (Å²) in [6.07, 6.45) is 1.80. The average molecular weight is 534 g/mol. The Balaban J connectivity index is 0.00000272. The minimum Gasteiger partial charge on any atom is -0.493 e. The lowest BCUT2D eigenvalue weighted by atomic mass is 10.1. The number of benzene rings is 2. The summed E-state index contributed by atoms with van der Waals surface area (Å²) < 4.78 is 5.55. The quantitative estimate of drug-likeness (QED) is 0.247. The normalized spacial score (nSPS) is 14.6. The predicted molar refractivity (Wildman–Crippen MR) is 131 cm³/mol. The fraction of sp³-hybridized carbons (Fsp3) is 0.348. The van der Waals surface area contributed by atoms with Crippen molar-refractivity contribution in [1.29, 1.82) is 0 Å². The Kier molecular flexibility index (Phi) is 7.89. The first-order valence-electron chi connectivity index (χ1n) is 10.4. The highest BCUT2D eigenvalue weighted by molar-refractivity contribution is 14.0. The summed E-state index contributed by atoms with van der Waals surface area (Å²) in [5.74, 6) is 1.20. The Morgan fingerprint density at radius 3 is 2.55 bits per heavy atom. The second-order valence-electron chi connectivity index (χ2n) is 7.29. The molecule has 0 fully saturated rings. The summed E-state index contributed by atoms with van der Waals surface area (Å²) in [6.45, 7) is 4.87. The fourth-order valence-corrected chi connectivity index (χ4v) is 3.76. The van der Waals surface area contributed by atoms with Gasteiger partial charge in [-0.15, -0.1) is 24.0 Å². The second kappa shape index (κ2) is 10.6. The van der Waals surface area contributed by atoms with Crippen LogP contribution in [0.1, 0.15) is 38.8 Å². The molecule has 2 heterocycles. The standard InChI is InChI=1S/C23H26N4O3.HI/c1-2-24-23(25-11-9-16-7-8-20-17(15-16)10-14-30-20)26-12-13-27-21(28)18-5-3-4-6-19(18)22(27)29;/h3-8,15H,2,9-14H2,1H3,(H2,24,25,26);1H. The number of halogens is 1. The number of rotatable bonds is 7. The molecule has 0 atom stereocenters. The largest absolute Gasteiger partial charge is 0.493 e. The first-order valence-corrected chi connectivity index (χ1v) is 10.4. The van der Waals surface area contributed by atoms with Crippen LogP contribution in [0, 0.1) is 0 Å². The summed E-state index contributed by atoms with van der Waals surface area (Å²) in [4.78, 5) is 30.8. The minimum atomic E-state index is -0.236. The van der Waals surface area contributed by atoms with Crippen molar-refractivity contribution in [1.82, 2.24) is 15.5 Å². The molecule has 0 aromatic heterocycles. The lowest BCUT2D eigenvalue weighted by molar-refractivity contribution is 0.0657. The molecule has 8 heteroatoms. The molecule has 31 heavy (non-hydrogen) atoms. The number of carbonyl (C=O) groups is 2. The van der Waals surface area contributed by atoms with E-state index < -0.39 is 0 Å². The highest BCUT2D eigenvalue weighted by Gasteiger charge is 2.34. The van der Waals surface area contributed by atoms with E-state index in [2.05, 4.69) is 27.8 Å². The second-order valence-corrected chi connectivity index (χ2v) is 7.29. The van der Waals surface area contributed by atoms with Crippen LogP contribution in [0.4, 0.5) is 0 Å². The molecule has 0 saturated carbocycles. The number of carbonyl (C=O) groups excluding carboxylic acids is 2. The zero-order chi connectivity index (χ0) is 20.9. The Bertz CT molecular complexity index is 958. The maximum atomic E-state index is 12.4. The summed E-state index contributed by atoms with van der Waals surface area (Å²) >= 11 is 0. The predicted octanol–water partition coefficient (Wildman–Crippen LogP) is 2.63. The van der Waals surface area contributed by atoms with Crippen LogP contribution >= 0.6 is 24.0 Å². The van der Waals surface area contributed by atoms with Gasteiger partial charge in [0.05, 0.1) is 17.7 Å². The number of nitrogens with one attached hydrogen (secondary N) is 2. The topological polar surface area (TPSA) is 83.0 Å². The summed E-state index contributed by atoms with van der Waals surface area (Å²) in [6, 6.07) is 13.3. The molecular weight excluding hydrogens is 507 g/mol. The van der Waals surface area contributed by atoms with Gasteiger partial charge in [-0.3, -0.25) is 19.5 Å². The lowest BCUT2D eigenvalue weighted by Gasteiger charge is -2.16. The molecule has 0 bridgehead atoms. The average Bonchev–Trinajstić information content (AvgIpc) is 3.32. The molecular formula is C23H27IN4O3. The third-order valence-electron chi connectivity index (χ3n) is 5.27. The third-order valence-corrected chi connectivity index (χ3v) is 5.27. The van der Waals surface area contributed by atoms with E-state index >= 15 is 0 Å². The van der Waals surface area contributed by atoms with Gasteiger partial charge in [0.15, 0.2) is 5.96 Å². The Hall–Kier alpha value is -2.62. The number of hydrogen-bond donors (Lipinski definition) is 2. The summed E-state index contributed by atoms with van der Waals surface area (Å²) in [7, 11) is 0. The highest BCUT2D eigenvalue weighted by Crippen LogP contribution is 2.26. The number of fused-ring (bicyclic) bond motifs is 2. The van der Waals surface area contributed by atoms with Crippen molar-refractivity contribution in [3.8, 4) is 5.75 Å². The van der Waals surface area contributed by atoms with Gasteiger partial charge < -0.3 is 15.4 Å². The van der Waals surface area contributed by atoms with E-state index in [1.54, 1.807) is 24.3 Å². The molecule has 7 nitrogen and oxygen atoms in total. The van der Waals surface area contributed by atoms with E-state index in [1.807, 2.05) is 13.0 Å². The zero-order valence-electron chi connectivity index (χ0n) is 17.5. The van der Waals surface area contributed by atoms with Crippen molar-refractivity contribution < 1.29 is 14.3 Å².